The Bertz CT molecular complexity index is 684. The zero-order valence-electron chi connectivity index (χ0n) is 11.6. The summed E-state index contributed by atoms with van der Waals surface area (Å²) in [5.41, 5.74) is 0.726. The predicted octanol–water partition coefficient (Wildman–Crippen LogP) is 1.88. The molecule has 0 atom stereocenters. The maximum Gasteiger partial charge on any atom is 0.344 e. The van der Waals surface area contributed by atoms with E-state index in [1.165, 1.54) is 0 Å². The van der Waals surface area contributed by atoms with Crippen LogP contribution in [-0.2, 0) is 14.3 Å². The summed E-state index contributed by atoms with van der Waals surface area (Å²) in [7, 11) is 1.12. The number of ether oxygens (including phenoxy) is 1. The van der Waals surface area contributed by atoms with Gasteiger partial charge in [-0.3, -0.25) is 10.2 Å². The van der Waals surface area contributed by atoms with E-state index in [1.807, 2.05) is 19.1 Å². The van der Waals surface area contributed by atoms with Gasteiger partial charge in [-0.1, -0.05) is 17.7 Å². The van der Waals surface area contributed by atoms with E-state index < -0.39 is 28.8 Å². The third-order valence-electron chi connectivity index (χ3n) is 2.98. The Morgan fingerprint density at radius 2 is 1.90 bits per heavy atom. The molecule has 108 valence electrons. The Morgan fingerprint density at radius 1 is 1.29 bits per heavy atom. The molecule has 1 aromatic rings. The molecule has 2 rings (SSSR count). The second-order valence-electron chi connectivity index (χ2n) is 4.50. The number of hydrogen-bond donors (Lipinski definition) is 3. The molecule has 0 aliphatic heterocycles. The Balaban J connectivity index is 2.38. The Morgan fingerprint density at radius 3 is 2.48 bits per heavy atom. The topological polar surface area (TPSA) is 99.5 Å². The molecule has 1 aliphatic carbocycles. The molecule has 0 radical (unpaired) electrons. The van der Waals surface area contributed by atoms with Crippen LogP contribution in [0, 0.1) is 12.3 Å². The van der Waals surface area contributed by atoms with E-state index in [1.54, 1.807) is 12.1 Å². The highest BCUT2D eigenvalue weighted by atomic mass is 16.5. The van der Waals surface area contributed by atoms with E-state index in [9.17, 15) is 14.7 Å². The van der Waals surface area contributed by atoms with Gasteiger partial charge in [0.1, 0.15) is 11.3 Å². The van der Waals surface area contributed by atoms with E-state index >= 15 is 0 Å². The third kappa shape index (κ3) is 2.84. The molecule has 0 unspecified atom stereocenters. The number of aryl methyl sites for hydroxylation is 1. The van der Waals surface area contributed by atoms with Crippen LogP contribution in [-0.4, -0.2) is 29.7 Å². The largest absolute Gasteiger partial charge is 0.505 e. The number of methoxy groups -OCH3 is 1. The molecule has 0 saturated heterocycles. The lowest BCUT2D eigenvalue weighted by molar-refractivity contribution is -0.135. The SMILES string of the molecule is COC(=O)C1=C(O)C(Nc2ccc(C)cc2)=CC(=O)C1=N. The monoisotopic (exact) mass is 286 g/mol. The summed E-state index contributed by atoms with van der Waals surface area (Å²) in [6, 6.07) is 7.26. The van der Waals surface area contributed by atoms with Crippen LogP contribution in [0.1, 0.15) is 5.56 Å². The van der Waals surface area contributed by atoms with Crippen molar-refractivity contribution >= 4 is 23.2 Å². The van der Waals surface area contributed by atoms with Gasteiger partial charge in [0.25, 0.3) is 0 Å². The number of aliphatic hydroxyl groups is 1. The zero-order chi connectivity index (χ0) is 15.6. The van der Waals surface area contributed by atoms with Gasteiger partial charge in [0.15, 0.2) is 5.76 Å². The first kappa shape index (κ1) is 14.5. The van der Waals surface area contributed by atoms with Crippen LogP contribution >= 0.6 is 0 Å². The van der Waals surface area contributed by atoms with Crippen LogP contribution in [0.4, 0.5) is 5.69 Å². The first-order valence-electron chi connectivity index (χ1n) is 6.14. The molecule has 0 saturated carbocycles. The highest BCUT2D eigenvalue weighted by Crippen LogP contribution is 2.22. The first-order chi connectivity index (χ1) is 9.93. The highest BCUT2D eigenvalue weighted by Gasteiger charge is 2.31. The minimum absolute atomic E-state index is 0.0558. The van der Waals surface area contributed by atoms with Crippen molar-refractivity contribution in [2.45, 2.75) is 6.92 Å². The minimum Gasteiger partial charge on any atom is -0.505 e. The molecule has 0 fully saturated rings. The number of rotatable bonds is 3. The molecule has 3 N–H and O–H groups in total. The van der Waals surface area contributed by atoms with Crippen molar-refractivity contribution in [1.82, 2.24) is 0 Å². The molecule has 1 aliphatic rings. The minimum atomic E-state index is -0.929. The van der Waals surface area contributed by atoms with Crippen LogP contribution < -0.4 is 5.32 Å². The molecular formula is C15H14N2O4. The smallest absolute Gasteiger partial charge is 0.344 e. The molecule has 0 aromatic heterocycles. The summed E-state index contributed by atoms with van der Waals surface area (Å²) in [6.07, 6.45) is 1.07. The van der Waals surface area contributed by atoms with E-state index in [0.29, 0.717) is 5.69 Å². The van der Waals surface area contributed by atoms with Crippen molar-refractivity contribution in [3.05, 3.63) is 52.9 Å². The number of nitrogens with one attached hydrogen (secondary N) is 2. The van der Waals surface area contributed by atoms with Gasteiger partial charge in [0.2, 0.25) is 5.78 Å². The second kappa shape index (κ2) is 5.62. The molecule has 0 amide bonds. The van der Waals surface area contributed by atoms with Crippen LogP contribution in [0.25, 0.3) is 0 Å². The number of allylic oxidation sites excluding steroid dienone is 1. The molecule has 0 bridgehead atoms. The fourth-order valence-electron chi connectivity index (χ4n) is 1.84. The predicted molar refractivity (Wildman–Crippen MR) is 77.3 cm³/mol. The molecule has 0 spiro atoms. The molecule has 6 nitrogen and oxygen atoms in total. The van der Waals surface area contributed by atoms with E-state index in [2.05, 4.69) is 10.1 Å². The number of ketones is 1. The van der Waals surface area contributed by atoms with Gasteiger partial charge in [-0.25, -0.2) is 4.79 Å². The lowest BCUT2D eigenvalue weighted by atomic mass is 9.97. The van der Waals surface area contributed by atoms with Gasteiger partial charge in [-0.05, 0) is 19.1 Å². The van der Waals surface area contributed by atoms with Crippen LogP contribution in [0.15, 0.2) is 47.4 Å². The Kier molecular flexibility index (Phi) is 3.89. The van der Waals surface area contributed by atoms with Gasteiger partial charge >= 0.3 is 5.97 Å². The van der Waals surface area contributed by atoms with Gasteiger partial charge in [-0.2, -0.15) is 0 Å². The summed E-state index contributed by atoms with van der Waals surface area (Å²) < 4.78 is 4.49. The van der Waals surface area contributed by atoms with Gasteiger partial charge in [0, 0.05) is 11.8 Å². The number of hydrogen-bond acceptors (Lipinski definition) is 6. The average molecular weight is 286 g/mol. The Hall–Kier alpha value is -2.89. The third-order valence-corrected chi connectivity index (χ3v) is 2.98. The van der Waals surface area contributed by atoms with E-state index in [-0.39, 0.29) is 5.70 Å². The second-order valence-corrected chi connectivity index (χ2v) is 4.50. The first-order valence-corrected chi connectivity index (χ1v) is 6.14. The van der Waals surface area contributed by atoms with Gasteiger partial charge in [0.05, 0.1) is 12.8 Å². The summed E-state index contributed by atoms with van der Waals surface area (Å²) in [4.78, 5) is 23.3. The fraction of sp³-hybridized carbons (Fsp3) is 0.133. The summed E-state index contributed by atoms with van der Waals surface area (Å²) in [5.74, 6) is -2.09. The van der Waals surface area contributed by atoms with Crippen LogP contribution in [0.5, 0.6) is 0 Å². The maximum absolute atomic E-state index is 11.7. The normalized spacial score (nSPS) is 14.9. The van der Waals surface area contributed by atoms with Gasteiger partial charge < -0.3 is 15.2 Å². The lowest BCUT2D eigenvalue weighted by Crippen LogP contribution is -2.28. The van der Waals surface area contributed by atoms with Crippen molar-refractivity contribution in [3.63, 3.8) is 0 Å². The molecule has 0 heterocycles. The quantitative estimate of drug-likeness (QED) is 0.582. The van der Waals surface area contributed by atoms with Crippen LogP contribution in [0.3, 0.4) is 0 Å². The average Bonchev–Trinajstić information content (AvgIpc) is 2.47. The number of anilines is 1. The molecule has 21 heavy (non-hydrogen) atoms. The number of carbonyl (C=O) groups excluding carboxylic acids is 2. The summed E-state index contributed by atoms with van der Waals surface area (Å²) in [5, 5.41) is 20.5. The lowest BCUT2D eigenvalue weighted by Gasteiger charge is -2.17. The molecular weight excluding hydrogens is 272 g/mol. The standard InChI is InChI=1S/C15H14N2O4/c1-8-3-5-9(6-4-8)17-10-7-11(18)13(16)12(14(10)19)15(20)21-2/h3-7,16-17,19H,1-2H3. The van der Waals surface area contributed by atoms with E-state index in [0.717, 1.165) is 18.7 Å². The van der Waals surface area contributed by atoms with Gasteiger partial charge in [-0.15, -0.1) is 0 Å². The molecule has 6 heteroatoms. The Labute approximate surface area is 121 Å². The van der Waals surface area contributed by atoms with Crippen molar-refractivity contribution < 1.29 is 19.4 Å². The summed E-state index contributed by atoms with van der Waals surface area (Å²) in [6.45, 7) is 1.93. The summed E-state index contributed by atoms with van der Waals surface area (Å²) >= 11 is 0. The molecule has 1 aromatic carbocycles. The van der Waals surface area contributed by atoms with Crippen molar-refractivity contribution in [2.24, 2.45) is 0 Å². The number of carbonyl (C=O) groups is 2. The highest BCUT2D eigenvalue weighted by molar-refractivity contribution is 6.54. The zero-order valence-corrected chi connectivity index (χ0v) is 11.6. The van der Waals surface area contributed by atoms with Crippen molar-refractivity contribution in [3.8, 4) is 0 Å². The number of benzene rings is 1. The van der Waals surface area contributed by atoms with E-state index in [4.69, 9.17) is 5.41 Å². The number of esters is 1. The van der Waals surface area contributed by atoms with Crippen molar-refractivity contribution in [2.75, 3.05) is 12.4 Å². The number of aliphatic hydroxyl groups excluding tert-OH is 1. The van der Waals surface area contributed by atoms with Crippen LogP contribution in [0.2, 0.25) is 0 Å². The van der Waals surface area contributed by atoms with Crippen molar-refractivity contribution in [1.29, 1.82) is 5.41 Å². The fourth-order valence-corrected chi connectivity index (χ4v) is 1.84. The maximum atomic E-state index is 11.7.